The molecule has 0 aliphatic carbocycles. The highest BCUT2D eigenvalue weighted by Crippen LogP contribution is 2.20. The van der Waals surface area contributed by atoms with Gasteiger partial charge in [-0.05, 0) is 31.0 Å². The first-order valence-electron chi connectivity index (χ1n) is 5.14. The lowest BCUT2D eigenvalue weighted by Gasteiger charge is -1.99. The van der Waals surface area contributed by atoms with Crippen LogP contribution in [0.15, 0.2) is 59.2 Å². The molecule has 0 aliphatic rings. The van der Waals surface area contributed by atoms with Crippen LogP contribution in [0.1, 0.15) is 12.5 Å². The Bertz CT molecular complexity index is 421. The van der Waals surface area contributed by atoms with E-state index in [1.165, 1.54) is 5.56 Å². The second-order valence-electron chi connectivity index (χ2n) is 3.45. The van der Waals surface area contributed by atoms with Crippen LogP contribution in [0.25, 0.3) is 11.3 Å². The molecule has 1 aromatic carbocycles. The Hall–Kier alpha value is -1.76. The molecule has 0 spiro atoms. The van der Waals surface area contributed by atoms with Crippen LogP contribution in [0.4, 0.5) is 0 Å². The molecule has 2 rings (SSSR count). The molecular weight excluding hydrogens is 184 g/mol. The Morgan fingerprint density at radius 1 is 1.13 bits per heavy atom. The van der Waals surface area contributed by atoms with E-state index in [2.05, 4.69) is 36.4 Å². The number of allylic oxidation sites excluding steroid dienone is 2. The van der Waals surface area contributed by atoms with E-state index in [4.69, 9.17) is 4.42 Å². The minimum atomic E-state index is 0.924. The molecule has 15 heavy (non-hydrogen) atoms. The monoisotopic (exact) mass is 198 g/mol. The molecule has 0 saturated heterocycles. The lowest BCUT2D eigenvalue weighted by Crippen LogP contribution is -1.80. The van der Waals surface area contributed by atoms with Crippen molar-refractivity contribution in [1.82, 2.24) is 0 Å². The highest BCUT2D eigenvalue weighted by atomic mass is 16.3. The highest BCUT2D eigenvalue weighted by Gasteiger charge is 1.99. The van der Waals surface area contributed by atoms with Gasteiger partial charge in [0.1, 0.15) is 5.76 Å². The smallest absolute Gasteiger partial charge is 0.133 e. The van der Waals surface area contributed by atoms with Crippen LogP contribution in [0.5, 0.6) is 0 Å². The van der Waals surface area contributed by atoms with Gasteiger partial charge in [-0.2, -0.15) is 0 Å². The van der Waals surface area contributed by atoms with Gasteiger partial charge < -0.3 is 4.42 Å². The maximum Gasteiger partial charge on any atom is 0.133 e. The van der Waals surface area contributed by atoms with Gasteiger partial charge in [-0.25, -0.2) is 0 Å². The van der Waals surface area contributed by atoms with Crippen molar-refractivity contribution in [3.63, 3.8) is 0 Å². The number of rotatable bonds is 3. The quantitative estimate of drug-likeness (QED) is 0.678. The van der Waals surface area contributed by atoms with Crippen LogP contribution in [-0.2, 0) is 6.42 Å². The molecule has 1 aromatic heterocycles. The first kappa shape index (κ1) is 9.78. The van der Waals surface area contributed by atoms with Crippen molar-refractivity contribution in [2.75, 3.05) is 0 Å². The first-order valence-corrected chi connectivity index (χ1v) is 5.14. The van der Waals surface area contributed by atoms with Gasteiger partial charge in [0.2, 0.25) is 0 Å². The zero-order chi connectivity index (χ0) is 10.5. The van der Waals surface area contributed by atoms with Crippen molar-refractivity contribution >= 4 is 0 Å². The summed E-state index contributed by atoms with van der Waals surface area (Å²) in [4.78, 5) is 0. The van der Waals surface area contributed by atoms with Crippen LogP contribution in [0.3, 0.4) is 0 Å². The van der Waals surface area contributed by atoms with E-state index in [9.17, 15) is 0 Å². The molecule has 0 amide bonds. The van der Waals surface area contributed by atoms with Gasteiger partial charge in [0, 0.05) is 5.56 Å². The number of hydrogen-bond donors (Lipinski definition) is 0. The molecule has 1 heterocycles. The maximum atomic E-state index is 5.33. The van der Waals surface area contributed by atoms with E-state index in [-0.39, 0.29) is 0 Å². The van der Waals surface area contributed by atoms with Crippen molar-refractivity contribution in [1.29, 1.82) is 0 Å². The van der Waals surface area contributed by atoms with Gasteiger partial charge >= 0.3 is 0 Å². The van der Waals surface area contributed by atoms with Gasteiger partial charge in [-0.1, -0.05) is 36.4 Å². The minimum absolute atomic E-state index is 0.924. The zero-order valence-electron chi connectivity index (χ0n) is 8.81. The summed E-state index contributed by atoms with van der Waals surface area (Å²) in [6, 6.07) is 12.3. The average Bonchev–Trinajstić information content (AvgIpc) is 2.80. The summed E-state index contributed by atoms with van der Waals surface area (Å²) in [6.45, 7) is 2.04. The van der Waals surface area contributed by atoms with Crippen molar-refractivity contribution in [2.45, 2.75) is 13.3 Å². The molecule has 0 bridgehead atoms. The van der Waals surface area contributed by atoms with Crippen molar-refractivity contribution in [2.24, 2.45) is 0 Å². The highest BCUT2D eigenvalue weighted by molar-refractivity contribution is 5.57. The minimum Gasteiger partial charge on any atom is -0.464 e. The second-order valence-corrected chi connectivity index (χ2v) is 3.45. The van der Waals surface area contributed by atoms with Crippen LogP contribution < -0.4 is 0 Å². The van der Waals surface area contributed by atoms with Gasteiger partial charge in [0.25, 0.3) is 0 Å². The summed E-state index contributed by atoms with van der Waals surface area (Å²) in [5.74, 6) is 0.924. The summed E-state index contributed by atoms with van der Waals surface area (Å²) in [6.07, 6.45) is 6.92. The molecule has 0 N–H and O–H groups in total. The van der Waals surface area contributed by atoms with Gasteiger partial charge in [0.15, 0.2) is 0 Å². The third kappa shape index (κ3) is 2.38. The Morgan fingerprint density at radius 3 is 2.53 bits per heavy atom. The van der Waals surface area contributed by atoms with Crippen molar-refractivity contribution in [3.05, 3.63) is 60.4 Å². The Balaban J connectivity index is 2.17. The molecule has 0 aliphatic heterocycles. The fourth-order valence-corrected chi connectivity index (χ4v) is 1.50. The third-order valence-electron chi connectivity index (χ3n) is 2.35. The van der Waals surface area contributed by atoms with Gasteiger partial charge in [0.05, 0.1) is 6.26 Å². The predicted molar refractivity (Wildman–Crippen MR) is 62.7 cm³/mol. The normalized spacial score (nSPS) is 11.0. The molecule has 1 nitrogen and oxygen atoms in total. The molecule has 76 valence electrons. The van der Waals surface area contributed by atoms with E-state index >= 15 is 0 Å². The Morgan fingerprint density at radius 2 is 1.93 bits per heavy atom. The number of benzene rings is 1. The number of furan rings is 1. The van der Waals surface area contributed by atoms with Gasteiger partial charge in [-0.15, -0.1) is 0 Å². The summed E-state index contributed by atoms with van der Waals surface area (Å²) in [7, 11) is 0. The largest absolute Gasteiger partial charge is 0.464 e. The summed E-state index contributed by atoms with van der Waals surface area (Å²) in [5.41, 5.74) is 2.45. The van der Waals surface area contributed by atoms with Gasteiger partial charge in [-0.3, -0.25) is 0 Å². The molecule has 0 fully saturated rings. The van der Waals surface area contributed by atoms with Crippen LogP contribution in [-0.4, -0.2) is 0 Å². The SMILES string of the molecule is CC=CCc1ccc(-c2ccco2)cc1. The van der Waals surface area contributed by atoms with Crippen molar-refractivity contribution < 1.29 is 4.42 Å². The predicted octanol–water partition coefficient (Wildman–Crippen LogP) is 4.07. The summed E-state index contributed by atoms with van der Waals surface area (Å²) in [5, 5.41) is 0. The van der Waals surface area contributed by atoms with E-state index in [0.717, 1.165) is 17.7 Å². The van der Waals surface area contributed by atoms with Crippen LogP contribution in [0, 0.1) is 0 Å². The van der Waals surface area contributed by atoms with E-state index in [1.807, 2.05) is 19.1 Å². The maximum absolute atomic E-state index is 5.33. The molecule has 1 heteroatoms. The molecule has 0 radical (unpaired) electrons. The number of hydrogen-bond acceptors (Lipinski definition) is 1. The molecule has 2 aromatic rings. The summed E-state index contributed by atoms with van der Waals surface area (Å²) >= 11 is 0. The molecular formula is C14H14O. The Kier molecular flexibility index (Phi) is 3.03. The molecule has 0 unspecified atom stereocenters. The fraction of sp³-hybridized carbons (Fsp3) is 0.143. The molecule has 0 atom stereocenters. The standard InChI is InChI=1S/C14H14O/c1-2-3-5-12-7-9-13(10-8-12)14-6-4-11-15-14/h2-4,6-11H,5H2,1H3. The van der Waals surface area contributed by atoms with Crippen LogP contribution in [0.2, 0.25) is 0 Å². The lowest BCUT2D eigenvalue weighted by molar-refractivity contribution is 0.582. The molecule has 0 saturated carbocycles. The third-order valence-corrected chi connectivity index (χ3v) is 2.35. The average molecular weight is 198 g/mol. The Labute approximate surface area is 90.1 Å². The topological polar surface area (TPSA) is 13.1 Å². The second kappa shape index (κ2) is 4.65. The van der Waals surface area contributed by atoms with E-state index < -0.39 is 0 Å². The van der Waals surface area contributed by atoms with Crippen molar-refractivity contribution in [3.8, 4) is 11.3 Å². The zero-order valence-corrected chi connectivity index (χ0v) is 8.81. The van der Waals surface area contributed by atoms with E-state index in [0.29, 0.717) is 0 Å². The van der Waals surface area contributed by atoms with Crippen LogP contribution >= 0.6 is 0 Å². The van der Waals surface area contributed by atoms with E-state index in [1.54, 1.807) is 6.26 Å². The first-order chi connectivity index (χ1) is 7.40. The lowest BCUT2D eigenvalue weighted by atomic mass is 10.1. The fourth-order valence-electron chi connectivity index (χ4n) is 1.50. The summed E-state index contributed by atoms with van der Waals surface area (Å²) < 4.78 is 5.33.